The maximum atomic E-state index is 12.5. The number of nitrogens with zero attached hydrogens (tertiary/aromatic N) is 1. The van der Waals surface area contributed by atoms with Crippen molar-refractivity contribution in [2.75, 3.05) is 0 Å². The maximum absolute atomic E-state index is 12.5. The average molecular weight is 278 g/mol. The summed E-state index contributed by atoms with van der Waals surface area (Å²) in [7, 11) is 0. The fourth-order valence-corrected chi connectivity index (χ4v) is 4.24. The molecule has 2 heterocycles. The van der Waals surface area contributed by atoms with Gasteiger partial charge in [0.1, 0.15) is 6.17 Å². The van der Waals surface area contributed by atoms with Gasteiger partial charge in [0.15, 0.2) is 0 Å². The van der Waals surface area contributed by atoms with Gasteiger partial charge in [-0.3, -0.25) is 10.1 Å². The Morgan fingerprint density at radius 2 is 1.89 bits per heavy atom. The highest BCUT2D eigenvalue weighted by molar-refractivity contribution is 7.07. The molecule has 1 amide bonds. The van der Waals surface area contributed by atoms with Crippen molar-refractivity contribution in [3.05, 3.63) is 22.4 Å². The second-order valence-electron chi connectivity index (χ2n) is 6.94. The summed E-state index contributed by atoms with van der Waals surface area (Å²) in [6.45, 7) is 11.0. The molecule has 0 bridgehead atoms. The predicted molar refractivity (Wildman–Crippen MR) is 77.9 cm³/mol. The fraction of sp³-hybridized carbons (Fsp3) is 0.667. The summed E-state index contributed by atoms with van der Waals surface area (Å²) in [4.78, 5) is 14.6. The summed E-state index contributed by atoms with van der Waals surface area (Å²) < 4.78 is 0. The molecule has 4 heteroatoms. The third kappa shape index (κ3) is 1.62. The Morgan fingerprint density at radius 1 is 1.26 bits per heavy atom. The first-order valence-corrected chi connectivity index (χ1v) is 7.83. The van der Waals surface area contributed by atoms with Gasteiger partial charge >= 0.3 is 0 Å². The van der Waals surface area contributed by atoms with E-state index < -0.39 is 0 Å². The van der Waals surface area contributed by atoms with Crippen molar-refractivity contribution in [2.45, 2.75) is 52.9 Å². The molecule has 1 N–H and O–H groups in total. The second kappa shape index (κ2) is 3.83. The van der Waals surface area contributed by atoms with Gasteiger partial charge in [0.2, 0.25) is 5.91 Å². The van der Waals surface area contributed by atoms with E-state index in [9.17, 15) is 4.79 Å². The number of carbonyl (C=O) groups is 1. The number of nitrogens with one attached hydrogen (secondary N) is 1. The lowest BCUT2D eigenvalue weighted by molar-refractivity contribution is -0.131. The van der Waals surface area contributed by atoms with E-state index in [0.717, 1.165) is 0 Å². The van der Waals surface area contributed by atoms with Gasteiger partial charge in [0, 0.05) is 6.04 Å². The molecule has 19 heavy (non-hydrogen) atoms. The smallest absolute Gasteiger partial charge is 0.241 e. The molecular weight excluding hydrogens is 256 g/mol. The van der Waals surface area contributed by atoms with Crippen molar-refractivity contribution < 1.29 is 4.79 Å². The van der Waals surface area contributed by atoms with E-state index in [1.807, 2.05) is 6.92 Å². The van der Waals surface area contributed by atoms with Gasteiger partial charge in [-0.1, -0.05) is 27.7 Å². The van der Waals surface area contributed by atoms with Crippen molar-refractivity contribution in [1.82, 2.24) is 10.2 Å². The SMILES string of the molecule is CC1NC(c2ccsc2)N(C2C(C)(C)C2(C)C)C1=O. The Balaban J connectivity index is 1.96. The molecule has 3 nitrogen and oxygen atoms in total. The number of thiophene rings is 1. The van der Waals surface area contributed by atoms with Crippen LogP contribution in [0.4, 0.5) is 0 Å². The molecule has 2 atom stereocenters. The van der Waals surface area contributed by atoms with Crippen LogP contribution in [0.2, 0.25) is 0 Å². The van der Waals surface area contributed by atoms with E-state index in [1.54, 1.807) is 11.3 Å². The lowest BCUT2D eigenvalue weighted by Crippen LogP contribution is -2.35. The minimum absolute atomic E-state index is 0.0415. The van der Waals surface area contributed by atoms with Gasteiger partial charge in [0.05, 0.1) is 6.04 Å². The number of carbonyl (C=O) groups excluding carboxylic acids is 1. The number of amides is 1. The van der Waals surface area contributed by atoms with E-state index >= 15 is 0 Å². The van der Waals surface area contributed by atoms with Gasteiger partial charge in [-0.15, -0.1) is 0 Å². The van der Waals surface area contributed by atoms with Gasteiger partial charge in [-0.25, -0.2) is 0 Å². The van der Waals surface area contributed by atoms with Gasteiger partial charge in [-0.2, -0.15) is 11.3 Å². The van der Waals surface area contributed by atoms with Crippen LogP contribution in [0.5, 0.6) is 0 Å². The van der Waals surface area contributed by atoms with Crippen LogP contribution < -0.4 is 5.32 Å². The van der Waals surface area contributed by atoms with Crippen LogP contribution in [0.1, 0.15) is 46.3 Å². The zero-order chi connectivity index (χ0) is 14.0. The average Bonchev–Trinajstić information content (AvgIpc) is 2.78. The zero-order valence-corrected chi connectivity index (χ0v) is 13.0. The normalized spacial score (nSPS) is 32.9. The lowest BCUT2D eigenvalue weighted by Gasteiger charge is -2.26. The largest absolute Gasteiger partial charge is 0.317 e. The first kappa shape index (κ1) is 13.1. The van der Waals surface area contributed by atoms with Crippen LogP contribution in [-0.4, -0.2) is 22.9 Å². The zero-order valence-electron chi connectivity index (χ0n) is 12.2. The molecule has 1 aliphatic carbocycles. The van der Waals surface area contributed by atoms with Crippen LogP contribution in [0, 0.1) is 10.8 Å². The van der Waals surface area contributed by atoms with E-state index in [2.05, 4.69) is 54.7 Å². The molecule has 3 rings (SSSR count). The molecular formula is C15H22N2OS. The van der Waals surface area contributed by atoms with Crippen molar-refractivity contribution in [1.29, 1.82) is 0 Å². The molecule has 1 saturated carbocycles. The third-order valence-electron chi connectivity index (χ3n) is 5.39. The molecule has 104 valence electrons. The van der Waals surface area contributed by atoms with Crippen molar-refractivity contribution >= 4 is 17.2 Å². The first-order chi connectivity index (χ1) is 8.78. The summed E-state index contributed by atoms with van der Waals surface area (Å²) in [5.74, 6) is 0.236. The monoisotopic (exact) mass is 278 g/mol. The van der Waals surface area contributed by atoms with Crippen molar-refractivity contribution in [2.24, 2.45) is 10.8 Å². The summed E-state index contributed by atoms with van der Waals surface area (Å²) in [6.07, 6.45) is 0.0415. The Kier molecular flexibility index (Phi) is 2.64. The molecule has 2 fully saturated rings. The Morgan fingerprint density at radius 3 is 2.37 bits per heavy atom. The predicted octanol–water partition coefficient (Wildman–Crippen LogP) is 3.00. The highest BCUT2D eigenvalue weighted by atomic mass is 32.1. The van der Waals surface area contributed by atoms with Crippen molar-refractivity contribution in [3.8, 4) is 0 Å². The Hall–Kier alpha value is -0.870. The second-order valence-corrected chi connectivity index (χ2v) is 7.72. The van der Waals surface area contributed by atoms with E-state index in [-0.39, 0.29) is 28.9 Å². The summed E-state index contributed by atoms with van der Waals surface area (Å²) in [5, 5.41) is 7.65. The molecule has 0 aromatic carbocycles. The summed E-state index contributed by atoms with van der Waals surface area (Å²) in [6, 6.07) is 2.34. The van der Waals surface area contributed by atoms with Gasteiger partial charge in [0.25, 0.3) is 0 Å². The van der Waals surface area contributed by atoms with Crippen LogP contribution in [0.25, 0.3) is 0 Å². The highest BCUT2D eigenvalue weighted by Crippen LogP contribution is 2.66. The minimum atomic E-state index is -0.0860. The van der Waals surface area contributed by atoms with Crippen LogP contribution in [0.3, 0.4) is 0 Å². The lowest BCUT2D eigenvalue weighted by atomic mass is 10.0. The van der Waals surface area contributed by atoms with E-state index in [4.69, 9.17) is 0 Å². The third-order valence-corrected chi connectivity index (χ3v) is 6.09. The number of hydrogen-bond acceptors (Lipinski definition) is 3. The summed E-state index contributed by atoms with van der Waals surface area (Å²) >= 11 is 1.68. The highest BCUT2D eigenvalue weighted by Gasteiger charge is 2.70. The molecule has 1 aromatic rings. The van der Waals surface area contributed by atoms with E-state index in [1.165, 1.54) is 5.56 Å². The first-order valence-electron chi connectivity index (χ1n) is 6.89. The minimum Gasteiger partial charge on any atom is -0.317 e. The van der Waals surface area contributed by atoms with Gasteiger partial charge in [-0.05, 0) is 40.1 Å². The van der Waals surface area contributed by atoms with Gasteiger partial charge < -0.3 is 4.90 Å². The van der Waals surface area contributed by atoms with Crippen molar-refractivity contribution in [3.63, 3.8) is 0 Å². The topological polar surface area (TPSA) is 32.3 Å². The van der Waals surface area contributed by atoms with Crippen LogP contribution in [0.15, 0.2) is 16.8 Å². The molecule has 2 aliphatic rings. The molecule has 2 unspecified atom stereocenters. The summed E-state index contributed by atoms with van der Waals surface area (Å²) in [5.41, 5.74) is 1.58. The Labute approximate surface area is 119 Å². The quantitative estimate of drug-likeness (QED) is 0.902. The standard InChI is InChI=1S/C15H22N2OS/c1-9-12(18)17(13-14(2,3)15(13,4)5)11(16-9)10-6-7-19-8-10/h6-9,11,13,16H,1-5H3. The van der Waals surface area contributed by atoms with E-state index in [0.29, 0.717) is 6.04 Å². The fourth-order valence-electron chi connectivity index (χ4n) is 3.56. The Bertz CT molecular complexity index is 492. The molecule has 1 aromatic heterocycles. The van der Waals surface area contributed by atoms with Crippen LogP contribution in [-0.2, 0) is 4.79 Å². The van der Waals surface area contributed by atoms with Crippen LogP contribution >= 0.6 is 11.3 Å². The molecule has 1 aliphatic heterocycles. The molecule has 0 radical (unpaired) electrons. The molecule has 0 spiro atoms. The maximum Gasteiger partial charge on any atom is 0.241 e. The number of hydrogen-bond donors (Lipinski definition) is 1. The molecule has 1 saturated heterocycles. The number of rotatable bonds is 2.